The molecule has 4 heteroatoms. The second kappa shape index (κ2) is 6.21. The van der Waals surface area contributed by atoms with Crippen molar-refractivity contribution >= 4 is 23.5 Å². The lowest BCUT2D eigenvalue weighted by Gasteiger charge is -2.07. The zero-order valence-electron chi connectivity index (χ0n) is 10.1. The summed E-state index contributed by atoms with van der Waals surface area (Å²) in [5.74, 6) is 0.541. The first-order valence-electron chi connectivity index (χ1n) is 5.62. The number of pyridine rings is 1. The van der Waals surface area contributed by atoms with E-state index in [1.165, 1.54) is 0 Å². The SMILES string of the molecule is CSc1ccccc1CC(=O)Nc1ccccn1. The molecule has 0 atom stereocenters. The minimum atomic E-state index is -0.0461. The molecule has 2 aromatic rings. The van der Waals surface area contributed by atoms with Crippen LogP contribution in [0.1, 0.15) is 5.56 Å². The van der Waals surface area contributed by atoms with Crippen molar-refractivity contribution in [2.75, 3.05) is 11.6 Å². The topological polar surface area (TPSA) is 42.0 Å². The summed E-state index contributed by atoms with van der Waals surface area (Å²) in [5.41, 5.74) is 1.04. The lowest BCUT2D eigenvalue weighted by atomic mass is 10.1. The van der Waals surface area contributed by atoms with Crippen LogP contribution < -0.4 is 5.32 Å². The number of aromatic nitrogens is 1. The van der Waals surface area contributed by atoms with E-state index in [0.717, 1.165) is 10.5 Å². The number of thioether (sulfide) groups is 1. The number of nitrogens with one attached hydrogen (secondary N) is 1. The molecule has 1 heterocycles. The largest absolute Gasteiger partial charge is 0.310 e. The van der Waals surface area contributed by atoms with E-state index in [2.05, 4.69) is 10.3 Å². The van der Waals surface area contributed by atoms with Gasteiger partial charge in [0.2, 0.25) is 5.91 Å². The van der Waals surface area contributed by atoms with Gasteiger partial charge in [0.1, 0.15) is 5.82 Å². The fraction of sp³-hybridized carbons (Fsp3) is 0.143. The van der Waals surface area contributed by atoms with Crippen molar-refractivity contribution in [1.29, 1.82) is 0 Å². The van der Waals surface area contributed by atoms with Gasteiger partial charge < -0.3 is 5.32 Å². The average molecular weight is 258 g/mol. The second-order valence-corrected chi connectivity index (χ2v) is 4.60. The molecular formula is C14H14N2OS. The Kier molecular flexibility index (Phi) is 4.36. The van der Waals surface area contributed by atoms with E-state index in [1.807, 2.05) is 42.7 Å². The maximum absolute atomic E-state index is 11.9. The van der Waals surface area contributed by atoms with E-state index in [9.17, 15) is 4.79 Å². The van der Waals surface area contributed by atoms with Gasteiger partial charge in [-0.25, -0.2) is 4.98 Å². The number of rotatable bonds is 4. The van der Waals surface area contributed by atoms with Gasteiger partial charge in [0.05, 0.1) is 6.42 Å². The number of benzene rings is 1. The Labute approximate surface area is 111 Å². The van der Waals surface area contributed by atoms with Crippen LogP contribution in [0.4, 0.5) is 5.82 Å². The van der Waals surface area contributed by atoms with Crippen molar-refractivity contribution in [2.45, 2.75) is 11.3 Å². The molecule has 2 rings (SSSR count). The first kappa shape index (κ1) is 12.6. The molecule has 1 amide bonds. The molecule has 0 radical (unpaired) electrons. The van der Waals surface area contributed by atoms with E-state index >= 15 is 0 Å². The molecule has 1 aromatic carbocycles. The van der Waals surface area contributed by atoms with Gasteiger partial charge in [0.25, 0.3) is 0 Å². The predicted octanol–water partition coefficient (Wildman–Crippen LogP) is 2.98. The number of hydrogen-bond acceptors (Lipinski definition) is 3. The summed E-state index contributed by atoms with van der Waals surface area (Å²) >= 11 is 1.65. The van der Waals surface area contributed by atoms with Crippen molar-refractivity contribution in [3.63, 3.8) is 0 Å². The summed E-state index contributed by atoms with van der Waals surface area (Å²) in [5, 5.41) is 2.78. The zero-order valence-corrected chi connectivity index (χ0v) is 10.9. The van der Waals surface area contributed by atoms with Gasteiger partial charge >= 0.3 is 0 Å². The number of amides is 1. The molecular weight excluding hydrogens is 244 g/mol. The molecule has 1 N–H and O–H groups in total. The summed E-state index contributed by atoms with van der Waals surface area (Å²) in [6, 6.07) is 13.4. The van der Waals surface area contributed by atoms with Gasteiger partial charge in [-0.05, 0) is 30.0 Å². The molecule has 3 nitrogen and oxygen atoms in total. The second-order valence-electron chi connectivity index (χ2n) is 3.75. The van der Waals surface area contributed by atoms with Crippen LogP contribution in [-0.4, -0.2) is 17.1 Å². The monoisotopic (exact) mass is 258 g/mol. The zero-order chi connectivity index (χ0) is 12.8. The number of nitrogens with zero attached hydrogens (tertiary/aromatic N) is 1. The summed E-state index contributed by atoms with van der Waals surface area (Å²) in [4.78, 5) is 17.1. The highest BCUT2D eigenvalue weighted by molar-refractivity contribution is 7.98. The minimum absolute atomic E-state index is 0.0461. The predicted molar refractivity (Wildman–Crippen MR) is 74.8 cm³/mol. The molecule has 18 heavy (non-hydrogen) atoms. The third-order valence-electron chi connectivity index (χ3n) is 2.48. The van der Waals surface area contributed by atoms with Gasteiger partial charge in [-0.2, -0.15) is 0 Å². The van der Waals surface area contributed by atoms with Crippen LogP contribution in [0.25, 0.3) is 0 Å². The first-order valence-corrected chi connectivity index (χ1v) is 6.85. The van der Waals surface area contributed by atoms with Crippen LogP contribution in [0.15, 0.2) is 53.6 Å². The number of anilines is 1. The maximum Gasteiger partial charge on any atom is 0.229 e. The fourth-order valence-electron chi connectivity index (χ4n) is 1.65. The van der Waals surface area contributed by atoms with Crippen LogP contribution in [0.5, 0.6) is 0 Å². The average Bonchev–Trinajstić information content (AvgIpc) is 2.40. The molecule has 0 unspecified atom stereocenters. The molecule has 0 saturated carbocycles. The third-order valence-corrected chi connectivity index (χ3v) is 3.31. The van der Waals surface area contributed by atoms with E-state index in [-0.39, 0.29) is 5.91 Å². The normalized spacial score (nSPS) is 10.1. The summed E-state index contributed by atoms with van der Waals surface area (Å²) < 4.78 is 0. The van der Waals surface area contributed by atoms with Crippen molar-refractivity contribution in [1.82, 2.24) is 4.98 Å². The Hall–Kier alpha value is -1.81. The lowest BCUT2D eigenvalue weighted by Crippen LogP contribution is -2.15. The maximum atomic E-state index is 11.9. The van der Waals surface area contributed by atoms with Crippen LogP contribution in [0.2, 0.25) is 0 Å². The van der Waals surface area contributed by atoms with Gasteiger partial charge in [-0.15, -0.1) is 11.8 Å². The Morgan fingerprint density at radius 2 is 2.00 bits per heavy atom. The van der Waals surface area contributed by atoms with Gasteiger partial charge in [-0.3, -0.25) is 4.79 Å². The standard InChI is InChI=1S/C14H14N2OS/c1-18-12-7-3-2-6-11(12)10-14(17)16-13-8-4-5-9-15-13/h2-9H,10H2,1H3,(H,15,16,17). The quantitative estimate of drug-likeness (QED) is 0.857. The van der Waals surface area contributed by atoms with Gasteiger partial charge in [0.15, 0.2) is 0 Å². The molecule has 0 saturated heterocycles. The number of carbonyl (C=O) groups excluding carboxylic acids is 1. The first-order chi connectivity index (χ1) is 8.79. The van der Waals surface area contributed by atoms with Crippen molar-refractivity contribution < 1.29 is 4.79 Å². The lowest BCUT2D eigenvalue weighted by molar-refractivity contribution is -0.115. The Balaban J connectivity index is 2.03. The number of carbonyl (C=O) groups is 1. The fourth-order valence-corrected chi connectivity index (χ4v) is 2.26. The molecule has 1 aromatic heterocycles. The van der Waals surface area contributed by atoms with Crippen LogP contribution in [0.3, 0.4) is 0 Å². The van der Waals surface area contributed by atoms with Gasteiger partial charge in [0, 0.05) is 11.1 Å². The summed E-state index contributed by atoms with van der Waals surface area (Å²) in [6.07, 6.45) is 4.04. The van der Waals surface area contributed by atoms with Crippen LogP contribution in [0, 0.1) is 0 Å². The highest BCUT2D eigenvalue weighted by Gasteiger charge is 2.07. The minimum Gasteiger partial charge on any atom is -0.310 e. The Morgan fingerprint density at radius 1 is 1.22 bits per heavy atom. The molecule has 0 aliphatic rings. The van der Waals surface area contributed by atoms with Gasteiger partial charge in [-0.1, -0.05) is 24.3 Å². The van der Waals surface area contributed by atoms with Crippen LogP contribution in [-0.2, 0) is 11.2 Å². The molecule has 92 valence electrons. The smallest absolute Gasteiger partial charge is 0.229 e. The van der Waals surface area contributed by atoms with Crippen molar-refractivity contribution in [3.8, 4) is 0 Å². The highest BCUT2D eigenvalue weighted by Crippen LogP contribution is 2.20. The molecule has 0 fully saturated rings. The van der Waals surface area contributed by atoms with E-state index in [1.54, 1.807) is 24.0 Å². The molecule has 0 aliphatic carbocycles. The van der Waals surface area contributed by atoms with Crippen molar-refractivity contribution in [3.05, 3.63) is 54.2 Å². The van der Waals surface area contributed by atoms with Crippen molar-refractivity contribution in [2.24, 2.45) is 0 Å². The van der Waals surface area contributed by atoms with E-state index in [0.29, 0.717) is 12.2 Å². The molecule has 0 aliphatic heterocycles. The Morgan fingerprint density at radius 3 is 2.72 bits per heavy atom. The Bertz CT molecular complexity index is 528. The highest BCUT2D eigenvalue weighted by atomic mass is 32.2. The molecule has 0 bridgehead atoms. The van der Waals surface area contributed by atoms with Crippen LogP contribution >= 0.6 is 11.8 Å². The summed E-state index contributed by atoms with van der Waals surface area (Å²) in [7, 11) is 0. The van der Waals surface area contributed by atoms with E-state index in [4.69, 9.17) is 0 Å². The summed E-state index contributed by atoms with van der Waals surface area (Å²) in [6.45, 7) is 0. The third kappa shape index (κ3) is 3.34. The number of hydrogen-bond donors (Lipinski definition) is 1. The molecule has 0 spiro atoms. The van der Waals surface area contributed by atoms with E-state index < -0.39 is 0 Å².